The van der Waals surface area contributed by atoms with Gasteiger partial charge in [0.2, 0.25) is 0 Å². The zero-order chi connectivity index (χ0) is 20.8. The van der Waals surface area contributed by atoms with Crippen LogP contribution in [0.1, 0.15) is 12.0 Å². The van der Waals surface area contributed by atoms with Crippen molar-refractivity contribution in [2.24, 2.45) is 0 Å². The maximum absolute atomic E-state index is 13.2. The summed E-state index contributed by atoms with van der Waals surface area (Å²) in [5, 5.41) is 5.13. The fourth-order valence-electron chi connectivity index (χ4n) is 3.94. The largest absolute Gasteiger partial charge is 0.351 e. The van der Waals surface area contributed by atoms with Gasteiger partial charge in [0.1, 0.15) is 0 Å². The number of benzene rings is 1. The first-order valence-corrected chi connectivity index (χ1v) is 10.0. The molecule has 0 aliphatic carbocycles. The van der Waals surface area contributed by atoms with Gasteiger partial charge in [-0.15, -0.1) is 0 Å². The van der Waals surface area contributed by atoms with Crippen LogP contribution in [0.3, 0.4) is 0 Å². The van der Waals surface area contributed by atoms with Gasteiger partial charge in [-0.1, -0.05) is 22.9 Å². The fraction of sp³-hybridized carbons (Fsp3) is 0.333. The van der Waals surface area contributed by atoms with Gasteiger partial charge in [-0.05, 0) is 30.2 Å². The molecule has 0 radical (unpaired) electrons. The van der Waals surface area contributed by atoms with E-state index in [1.807, 2.05) is 0 Å². The van der Waals surface area contributed by atoms with Gasteiger partial charge in [0, 0.05) is 42.8 Å². The number of aromatic nitrogens is 1. The van der Waals surface area contributed by atoms with E-state index in [0.717, 1.165) is 23.1 Å². The van der Waals surface area contributed by atoms with E-state index in [-0.39, 0.29) is 5.13 Å². The Morgan fingerprint density at radius 1 is 1.31 bits per heavy atom. The van der Waals surface area contributed by atoms with Gasteiger partial charge in [0.15, 0.2) is 10.3 Å². The number of nitrogens with zero attached hydrogens (tertiary/aromatic N) is 3. The second-order valence-corrected chi connectivity index (χ2v) is 8.40. The smallest absolute Gasteiger partial charge is 0.328 e. The molecule has 2 aliphatic heterocycles. The normalized spacial score (nSPS) is 20.1. The Bertz CT molecular complexity index is 1020. The van der Waals surface area contributed by atoms with Crippen molar-refractivity contribution >= 4 is 51.6 Å². The summed E-state index contributed by atoms with van der Waals surface area (Å²) >= 11 is 6.94. The molecule has 2 aromatic rings. The lowest BCUT2D eigenvalue weighted by atomic mass is 9.81. The van der Waals surface area contributed by atoms with Crippen LogP contribution in [0.5, 0.6) is 0 Å². The molecule has 4 rings (SSSR count). The maximum atomic E-state index is 13.2. The van der Waals surface area contributed by atoms with Gasteiger partial charge in [-0.3, -0.25) is 19.8 Å². The number of anilines is 2. The molecule has 29 heavy (non-hydrogen) atoms. The number of thiazole rings is 1. The summed E-state index contributed by atoms with van der Waals surface area (Å²) < 4.78 is 13.2. The number of amides is 4. The Balaban J connectivity index is 1.62. The molecule has 1 saturated heterocycles. The van der Waals surface area contributed by atoms with Gasteiger partial charge in [0.05, 0.1) is 6.20 Å². The lowest BCUT2D eigenvalue weighted by molar-refractivity contribution is -0.145. The molecular weight excluding hydrogens is 421 g/mol. The molecule has 1 aromatic heterocycles. The average Bonchev–Trinajstić information content (AvgIpc) is 3.39. The molecule has 152 valence electrons. The van der Waals surface area contributed by atoms with Crippen LogP contribution in [-0.4, -0.2) is 54.4 Å². The second kappa shape index (κ2) is 7.27. The minimum absolute atomic E-state index is 0.159. The van der Waals surface area contributed by atoms with Crippen LogP contribution in [0.15, 0.2) is 24.4 Å². The Hall–Kier alpha value is -2.72. The number of carbonyl (C=O) groups is 3. The molecule has 8 nitrogen and oxygen atoms in total. The number of halogens is 2. The Labute approximate surface area is 174 Å². The van der Waals surface area contributed by atoms with Crippen LogP contribution >= 0.6 is 22.9 Å². The summed E-state index contributed by atoms with van der Waals surface area (Å²) in [6, 6.07) is 4.78. The number of fused-ring (bicyclic) bond motifs is 2. The van der Waals surface area contributed by atoms with Gasteiger partial charge in [-0.2, -0.15) is 4.39 Å². The molecule has 1 fully saturated rings. The van der Waals surface area contributed by atoms with E-state index in [4.69, 9.17) is 11.6 Å². The Kier molecular flexibility index (Phi) is 4.91. The van der Waals surface area contributed by atoms with E-state index >= 15 is 0 Å². The van der Waals surface area contributed by atoms with Crippen molar-refractivity contribution < 1.29 is 18.8 Å². The molecular formula is C18H17ClFN5O3S. The maximum Gasteiger partial charge on any atom is 0.328 e. The summed E-state index contributed by atoms with van der Waals surface area (Å²) in [6.07, 6.45) is 1.62. The van der Waals surface area contributed by atoms with E-state index in [2.05, 4.69) is 15.6 Å². The average molecular weight is 438 g/mol. The van der Waals surface area contributed by atoms with Crippen molar-refractivity contribution in [1.82, 2.24) is 15.2 Å². The zero-order valence-corrected chi connectivity index (χ0v) is 16.9. The molecule has 1 unspecified atom stereocenters. The highest BCUT2D eigenvalue weighted by atomic mass is 35.5. The predicted molar refractivity (Wildman–Crippen MR) is 107 cm³/mol. The van der Waals surface area contributed by atoms with E-state index in [1.165, 1.54) is 11.9 Å². The third-order valence-corrected chi connectivity index (χ3v) is 6.22. The van der Waals surface area contributed by atoms with E-state index in [0.29, 0.717) is 36.8 Å². The SMILES string of the molecule is CNC(=O)C(=O)N1CCC2(C1)CN(C(=O)Nc1ncc(F)s1)c1ccc(Cl)cc12. The molecule has 1 aromatic carbocycles. The first-order chi connectivity index (χ1) is 13.8. The van der Waals surface area contributed by atoms with E-state index in [1.54, 1.807) is 23.1 Å². The first kappa shape index (κ1) is 19.6. The molecule has 1 spiro atoms. The highest BCUT2D eigenvalue weighted by Gasteiger charge is 2.50. The Morgan fingerprint density at radius 2 is 2.10 bits per heavy atom. The fourth-order valence-corrected chi connectivity index (χ4v) is 4.64. The van der Waals surface area contributed by atoms with Crippen LogP contribution in [0.2, 0.25) is 5.02 Å². The number of hydrogen-bond donors (Lipinski definition) is 2. The minimum Gasteiger partial charge on any atom is -0.351 e. The molecule has 0 saturated carbocycles. The standard InChI is InChI=1S/C18H17ClFN5O3S/c1-21-14(26)15(27)24-5-4-18(8-24)9-25(12-3-2-10(19)6-11(12)18)17(28)23-16-22-7-13(20)29-16/h2-3,6-7H,4-5,8-9H2,1H3,(H,21,26)(H,22,23,28). The van der Waals surface area contributed by atoms with Crippen LogP contribution in [0, 0.1) is 5.13 Å². The number of nitrogens with one attached hydrogen (secondary N) is 2. The molecule has 2 N–H and O–H groups in total. The molecule has 0 bridgehead atoms. The van der Waals surface area contributed by atoms with Crippen LogP contribution in [-0.2, 0) is 15.0 Å². The predicted octanol–water partition coefficient (Wildman–Crippen LogP) is 2.20. The van der Waals surface area contributed by atoms with Crippen molar-refractivity contribution in [2.75, 3.05) is 36.9 Å². The third-order valence-electron chi connectivity index (χ3n) is 5.28. The van der Waals surface area contributed by atoms with Gasteiger partial charge in [-0.25, -0.2) is 9.78 Å². The number of hydrogen-bond acceptors (Lipinski definition) is 5. The Morgan fingerprint density at radius 3 is 2.79 bits per heavy atom. The number of likely N-dealkylation sites (tertiary alicyclic amines) is 1. The minimum atomic E-state index is -0.674. The summed E-state index contributed by atoms with van der Waals surface area (Å²) in [5.41, 5.74) is 0.978. The van der Waals surface area contributed by atoms with Crippen LogP contribution in [0.4, 0.5) is 20.0 Å². The topological polar surface area (TPSA) is 94.6 Å². The highest BCUT2D eigenvalue weighted by molar-refractivity contribution is 7.14. The number of rotatable bonds is 1. The van der Waals surface area contributed by atoms with E-state index < -0.39 is 28.4 Å². The lowest BCUT2D eigenvalue weighted by Crippen LogP contribution is -2.44. The summed E-state index contributed by atoms with van der Waals surface area (Å²) in [5.74, 6) is -1.28. The van der Waals surface area contributed by atoms with Gasteiger partial charge in [0.25, 0.3) is 0 Å². The summed E-state index contributed by atoms with van der Waals surface area (Å²) in [6.45, 7) is 0.994. The highest BCUT2D eigenvalue weighted by Crippen LogP contribution is 2.47. The summed E-state index contributed by atoms with van der Waals surface area (Å²) in [4.78, 5) is 43.8. The van der Waals surface area contributed by atoms with Crippen molar-refractivity contribution in [2.45, 2.75) is 11.8 Å². The zero-order valence-electron chi connectivity index (χ0n) is 15.4. The van der Waals surface area contributed by atoms with E-state index in [9.17, 15) is 18.8 Å². The van der Waals surface area contributed by atoms with Crippen LogP contribution in [0.25, 0.3) is 0 Å². The number of urea groups is 1. The monoisotopic (exact) mass is 437 g/mol. The number of likely N-dealkylation sites (N-methyl/N-ethyl adjacent to an activating group) is 1. The molecule has 4 amide bonds. The molecule has 11 heteroatoms. The molecule has 1 atom stereocenters. The first-order valence-electron chi connectivity index (χ1n) is 8.84. The molecule has 2 aliphatic rings. The molecule has 3 heterocycles. The number of carbonyl (C=O) groups excluding carboxylic acids is 3. The van der Waals surface area contributed by atoms with Crippen LogP contribution < -0.4 is 15.5 Å². The van der Waals surface area contributed by atoms with Gasteiger partial charge < -0.3 is 10.2 Å². The van der Waals surface area contributed by atoms with Crippen molar-refractivity contribution in [3.05, 3.63) is 40.1 Å². The second-order valence-electron chi connectivity index (χ2n) is 6.98. The summed E-state index contributed by atoms with van der Waals surface area (Å²) in [7, 11) is 1.41. The van der Waals surface area contributed by atoms with Crippen molar-refractivity contribution in [3.63, 3.8) is 0 Å². The van der Waals surface area contributed by atoms with Crippen molar-refractivity contribution in [1.29, 1.82) is 0 Å². The quantitative estimate of drug-likeness (QED) is 0.669. The lowest BCUT2D eigenvalue weighted by Gasteiger charge is -2.25. The third kappa shape index (κ3) is 3.42. The van der Waals surface area contributed by atoms with Gasteiger partial charge >= 0.3 is 17.8 Å². The van der Waals surface area contributed by atoms with Crippen molar-refractivity contribution in [3.8, 4) is 0 Å².